The van der Waals surface area contributed by atoms with E-state index in [0.717, 1.165) is 29.1 Å². The molecule has 0 aliphatic heterocycles. The van der Waals surface area contributed by atoms with Gasteiger partial charge in [-0.1, -0.05) is 79.1 Å². The summed E-state index contributed by atoms with van der Waals surface area (Å²) in [5.41, 5.74) is 0.817. The highest BCUT2D eigenvalue weighted by Crippen LogP contribution is 2.65. The van der Waals surface area contributed by atoms with Crippen LogP contribution >= 0.6 is 0 Å². The van der Waals surface area contributed by atoms with Crippen molar-refractivity contribution in [2.45, 2.75) is 98.3 Å². The van der Waals surface area contributed by atoms with Crippen molar-refractivity contribution in [1.82, 2.24) is 0 Å². The zero-order valence-electron chi connectivity index (χ0n) is 14.6. The van der Waals surface area contributed by atoms with E-state index in [1.807, 2.05) is 0 Å². The van der Waals surface area contributed by atoms with Gasteiger partial charge in [0.2, 0.25) is 0 Å². The van der Waals surface area contributed by atoms with Crippen molar-refractivity contribution in [3.8, 4) is 0 Å². The quantitative estimate of drug-likeness (QED) is 0.384. The standard InChI is InChI=1S/C20H38/c1-16(2)17(3)11-9-7-5-6-8-10-12-18-13-19-15-20(19,4)14-18/h16-19H,5-15H2,1-4H3. The summed E-state index contributed by atoms with van der Waals surface area (Å²) in [5.74, 6) is 4.03. The lowest BCUT2D eigenvalue weighted by molar-refractivity contribution is 0.371. The molecule has 4 unspecified atom stereocenters. The van der Waals surface area contributed by atoms with E-state index in [0.29, 0.717) is 0 Å². The molecule has 0 saturated heterocycles. The van der Waals surface area contributed by atoms with Crippen LogP contribution in [0.1, 0.15) is 98.3 Å². The van der Waals surface area contributed by atoms with Gasteiger partial charge < -0.3 is 0 Å². The van der Waals surface area contributed by atoms with Crippen LogP contribution in [0, 0.1) is 29.1 Å². The summed E-state index contributed by atoms with van der Waals surface area (Å²) in [5, 5.41) is 0. The molecule has 0 spiro atoms. The topological polar surface area (TPSA) is 0 Å². The summed E-state index contributed by atoms with van der Waals surface area (Å²) in [6.07, 6.45) is 16.6. The third-order valence-corrected chi connectivity index (χ3v) is 6.57. The van der Waals surface area contributed by atoms with Gasteiger partial charge in [-0.2, -0.15) is 0 Å². The van der Waals surface area contributed by atoms with Crippen LogP contribution in [-0.4, -0.2) is 0 Å². The third-order valence-electron chi connectivity index (χ3n) is 6.57. The van der Waals surface area contributed by atoms with E-state index in [9.17, 15) is 0 Å². The van der Waals surface area contributed by atoms with E-state index in [4.69, 9.17) is 0 Å². The molecule has 0 bridgehead atoms. The molecule has 4 atom stereocenters. The number of unbranched alkanes of at least 4 members (excludes halogenated alkanes) is 5. The Labute approximate surface area is 128 Å². The Hall–Kier alpha value is 0. The Morgan fingerprint density at radius 3 is 2.15 bits per heavy atom. The zero-order valence-corrected chi connectivity index (χ0v) is 14.6. The minimum absolute atomic E-state index is 0.817. The maximum atomic E-state index is 2.52. The SMILES string of the molecule is CC(C)C(C)CCCCCCCCC1CC2CC2(C)C1. The van der Waals surface area contributed by atoms with Gasteiger partial charge in [-0.25, -0.2) is 0 Å². The number of hydrogen-bond donors (Lipinski definition) is 0. The maximum absolute atomic E-state index is 2.52. The first-order chi connectivity index (χ1) is 9.51. The molecule has 0 aromatic heterocycles. The van der Waals surface area contributed by atoms with Gasteiger partial charge in [0.1, 0.15) is 0 Å². The second-order valence-corrected chi connectivity index (χ2v) is 8.78. The molecular weight excluding hydrogens is 240 g/mol. The summed E-state index contributed by atoms with van der Waals surface area (Å²) in [6.45, 7) is 9.66. The van der Waals surface area contributed by atoms with Gasteiger partial charge >= 0.3 is 0 Å². The lowest BCUT2D eigenvalue weighted by Gasteiger charge is -2.15. The summed E-state index contributed by atoms with van der Waals surface area (Å²) in [7, 11) is 0. The molecule has 20 heavy (non-hydrogen) atoms. The van der Waals surface area contributed by atoms with Crippen molar-refractivity contribution in [3.63, 3.8) is 0 Å². The van der Waals surface area contributed by atoms with Gasteiger partial charge in [0.05, 0.1) is 0 Å². The van der Waals surface area contributed by atoms with Crippen LogP contribution in [0.3, 0.4) is 0 Å². The summed E-state index contributed by atoms with van der Waals surface area (Å²) in [4.78, 5) is 0. The monoisotopic (exact) mass is 278 g/mol. The van der Waals surface area contributed by atoms with Crippen LogP contribution < -0.4 is 0 Å². The third kappa shape index (κ3) is 4.78. The Bertz CT molecular complexity index is 280. The molecule has 0 amide bonds. The van der Waals surface area contributed by atoms with Crippen LogP contribution in [0.15, 0.2) is 0 Å². The lowest BCUT2D eigenvalue weighted by atomic mass is 9.91. The highest BCUT2D eigenvalue weighted by molar-refractivity contribution is 5.05. The van der Waals surface area contributed by atoms with Crippen LogP contribution in [-0.2, 0) is 0 Å². The smallest absolute Gasteiger partial charge is 0.0292 e. The Morgan fingerprint density at radius 1 is 0.900 bits per heavy atom. The van der Waals surface area contributed by atoms with E-state index in [-0.39, 0.29) is 0 Å². The molecule has 0 aromatic rings. The predicted molar refractivity (Wildman–Crippen MR) is 89.9 cm³/mol. The number of fused-ring (bicyclic) bond motifs is 1. The molecule has 2 fully saturated rings. The molecule has 2 aliphatic rings. The van der Waals surface area contributed by atoms with Crippen molar-refractivity contribution in [2.24, 2.45) is 29.1 Å². The van der Waals surface area contributed by atoms with Crippen molar-refractivity contribution in [3.05, 3.63) is 0 Å². The Kier molecular flexibility index (Phi) is 5.99. The van der Waals surface area contributed by atoms with Crippen LogP contribution in [0.5, 0.6) is 0 Å². The normalized spacial score (nSPS) is 33.5. The molecule has 0 N–H and O–H groups in total. The van der Waals surface area contributed by atoms with Gasteiger partial charge in [-0.05, 0) is 48.3 Å². The van der Waals surface area contributed by atoms with Gasteiger partial charge in [0, 0.05) is 0 Å². The molecule has 0 aromatic carbocycles. The molecule has 2 aliphatic carbocycles. The Morgan fingerprint density at radius 2 is 1.55 bits per heavy atom. The minimum Gasteiger partial charge on any atom is -0.0625 e. The number of rotatable bonds is 10. The summed E-state index contributed by atoms with van der Waals surface area (Å²) < 4.78 is 0. The fourth-order valence-electron chi connectivity index (χ4n) is 4.43. The predicted octanol–water partition coefficient (Wildman–Crippen LogP) is 6.84. The average molecular weight is 279 g/mol. The molecule has 118 valence electrons. The second kappa shape index (κ2) is 7.32. The summed E-state index contributed by atoms with van der Waals surface area (Å²) >= 11 is 0. The van der Waals surface area contributed by atoms with Crippen LogP contribution in [0.4, 0.5) is 0 Å². The van der Waals surface area contributed by atoms with Crippen molar-refractivity contribution < 1.29 is 0 Å². The zero-order chi connectivity index (χ0) is 14.6. The van der Waals surface area contributed by atoms with E-state index in [2.05, 4.69) is 27.7 Å². The minimum atomic E-state index is 0.817. The van der Waals surface area contributed by atoms with E-state index in [1.165, 1.54) is 51.4 Å². The molecule has 0 nitrogen and oxygen atoms in total. The number of hydrogen-bond acceptors (Lipinski definition) is 0. The molecule has 0 heteroatoms. The highest BCUT2D eigenvalue weighted by Gasteiger charge is 2.55. The highest BCUT2D eigenvalue weighted by atomic mass is 14.6. The van der Waals surface area contributed by atoms with Gasteiger partial charge in [0.25, 0.3) is 0 Å². The van der Waals surface area contributed by atoms with Crippen LogP contribution in [0.25, 0.3) is 0 Å². The van der Waals surface area contributed by atoms with Crippen molar-refractivity contribution >= 4 is 0 Å². The van der Waals surface area contributed by atoms with Crippen molar-refractivity contribution in [1.29, 1.82) is 0 Å². The van der Waals surface area contributed by atoms with Gasteiger partial charge in [-0.15, -0.1) is 0 Å². The summed E-state index contributed by atoms with van der Waals surface area (Å²) in [6, 6.07) is 0. The van der Waals surface area contributed by atoms with Crippen LogP contribution in [0.2, 0.25) is 0 Å². The molecule has 0 heterocycles. The molecular formula is C20H38. The first-order valence-corrected chi connectivity index (χ1v) is 9.51. The van der Waals surface area contributed by atoms with E-state index >= 15 is 0 Å². The largest absolute Gasteiger partial charge is 0.0625 e. The molecule has 2 rings (SSSR count). The van der Waals surface area contributed by atoms with Gasteiger partial charge in [-0.3, -0.25) is 0 Å². The van der Waals surface area contributed by atoms with E-state index < -0.39 is 0 Å². The fraction of sp³-hybridized carbons (Fsp3) is 1.00. The maximum Gasteiger partial charge on any atom is -0.0292 e. The average Bonchev–Trinajstić information content (AvgIpc) is 2.90. The first kappa shape index (κ1) is 16.4. The first-order valence-electron chi connectivity index (χ1n) is 9.51. The lowest BCUT2D eigenvalue weighted by Crippen LogP contribution is -2.03. The van der Waals surface area contributed by atoms with Crippen molar-refractivity contribution in [2.75, 3.05) is 0 Å². The van der Waals surface area contributed by atoms with Gasteiger partial charge in [0.15, 0.2) is 0 Å². The molecule has 0 radical (unpaired) electrons. The second-order valence-electron chi connectivity index (χ2n) is 8.78. The van der Waals surface area contributed by atoms with E-state index in [1.54, 1.807) is 19.3 Å². The fourth-order valence-corrected chi connectivity index (χ4v) is 4.43. The molecule has 2 saturated carbocycles. The Balaban J connectivity index is 1.36.